The molecule has 18 heavy (non-hydrogen) atoms. The van der Waals surface area contributed by atoms with Crippen LogP contribution in [0.3, 0.4) is 0 Å². The summed E-state index contributed by atoms with van der Waals surface area (Å²) in [5.74, 6) is -0.653. The number of benzene rings is 1. The molecule has 0 aliphatic rings. The van der Waals surface area contributed by atoms with Gasteiger partial charge in [-0.05, 0) is 18.6 Å². The number of halogens is 1. The number of hydrogen-bond donors (Lipinski definition) is 3. The SMILES string of the molecule is C[C@H](NC(=O)CNC(=O)CN)c1ccccc1Cl. The molecule has 0 aliphatic heterocycles. The van der Waals surface area contributed by atoms with Crippen LogP contribution in [0.4, 0.5) is 0 Å². The van der Waals surface area contributed by atoms with E-state index in [1.165, 1.54) is 0 Å². The fraction of sp³-hybridized carbons (Fsp3) is 0.333. The van der Waals surface area contributed by atoms with Crippen LogP contribution in [0.25, 0.3) is 0 Å². The smallest absolute Gasteiger partial charge is 0.239 e. The van der Waals surface area contributed by atoms with Gasteiger partial charge in [-0.15, -0.1) is 0 Å². The van der Waals surface area contributed by atoms with Crippen molar-refractivity contribution < 1.29 is 9.59 Å². The Labute approximate surface area is 111 Å². The first-order chi connectivity index (χ1) is 8.54. The topological polar surface area (TPSA) is 84.2 Å². The van der Waals surface area contributed by atoms with Crippen LogP contribution in [-0.2, 0) is 9.59 Å². The molecule has 0 fully saturated rings. The quantitative estimate of drug-likeness (QED) is 0.732. The van der Waals surface area contributed by atoms with Crippen molar-refractivity contribution in [2.24, 2.45) is 5.73 Å². The summed E-state index contributed by atoms with van der Waals surface area (Å²) in [6.45, 7) is 1.60. The lowest BCUT2D eigenvalue weighted by atomic mass is 10.1. The van der Waals surface area contributed by atoms with Crippen molar-refractivity contribution in [2.45, 2.75) is 13.0 Å². The van der Waals surface area contributed by atoms with Crippen molar-refractivity contribution in [3.05, 3.63) is 34.9 Å². The first kappa shape index (κ1) is 14.5. The maximum atomic E-state index is 11.5. The third-order valence-electron chi connectivity index (χ3n) is 2.38. The zero-order valence-corrected chi connectivity index (χ0v) is 10.8. The van der Waals surface area contributed by atoms with E-state index in [0.717, 1.165) is 5.56 Å². The molecule has 1 aromatic rings. The van der Waals surface area contributed by atoms with Crippen molar-refractivity contribution in [3.8, 4) is 0 Å². The number of rotatable bonds is 5. The van der Waals surface area contributed by atoms with Gasteiger partial charge in [0.25, 0.3) is 0 Å². The van der Waals surface area contributed by atoms with E-state index < -0.39 is 0 Å². The number of hydrogen-bond acceptors (Lipinski definition) is 3. The number of nitrogens with two attached hydrogens (primary N) is 1. The molecule has 0 bridgehead atoms. The monoisotopic (exact) mass is 269 g/mol. The first-order valence-corrected chi connectivity index (χ1v) is 5.93. The van der Waals surface area contributed by atoms with Crippen LogP contribution >= 0.6 is 11.6 Å². The van der Waals surface area contributed by atoms with Gasteiger partial charge in [-0.3, -0.25) is 9.59 Å². The number of carbonyl (C=O) groups is 2. The molecule has 0 saturated heterocycles. The maximum absolute atomic E-state index is 11.5. The molecule has 4 N–H and O–H groups in total. The van der Waals surface area contributed by atoms with Gasteiger partial charge in [-0.1, -0.05) is 29.8 Å². The van der Waals surface area contributed by atoms with Crippen LogP contribution in [0.1, 0.15) is 18.5 Å². The minimum atomic E-state index is -0.365. The average Bonchev–Trinajstić information content (AvgIpc) is 2.36. The molecule has 0 aliphatic carbocycles. The van der Waals surface area contributed by atoms with Gasteiger partial charge in [0, 0.05) is 5.02 Å². The van der Waals surface area contributed by atoms with E-state index in [1.807, 2.05) is 25.1 Å². The Balaban J connectivity index is 2.50. The van der Waals surface area contributed by atoms with Crippen molar-refractivity contribution in [3.63, 3.8) is 0 Å². The highest BCUT2D eigenvalue weighted by Crippen LogP contribution is 2.21. The molecule has 1 rings (SSSR count). The molecule has 2 amide bonds. The lowest BCUT2D eigenvalue weighted by Crippen LogP contribution is -2.40. The molecule has 5 nitrogen and oxygen atoms in total. The number of carbonyl (C=O) groups excluding carboxylic acids is 2. The van der Waals surface area contributed by atoms with Gasteiger partial charge in [0.2, 0.25) is 11.8 Å². The molecular formula is C12H16ClN3O2. The fourth-order valence-corrected chi connectivity index (χ4v) is 1.75. The summed E-state index contributed by atoms with van der Waals surface area (Å²) in [6, 6.07) is 7.05. The van der Waals surface area contributed by atoms with E-state index in [1.54, 1.807) is 6.07 Å². The Morgan fingerprint density at radius 2 is 2.00 bits per heavy atom. The Bertz CT molecular complexity index is 437. The largest absolute Gasteiger partial charge is 0.348 e. The van der Waals surface area contributed by atoms with Gasteiger partial charge in [-0.25, -0.2) is 0 Å². The van der Waals surface area contributed by atoms with E-state index in [9.17, 15) is 9.59 Å². The van der Waals surface area contributed by atoms with E-state index in [4.69, 9.17) is 17.3 Å². The second-order valence-corrected chi connectivity index (χ2v) is 4.20. The zero-order chi connectivity index (χ0) is 13.5. The normalized spacial score (nSPS) is 11.7. The van der Waals surface area contributed by atoms with Gasteiger partial charge in [0.05, 0.1) is 19.1 Å². The molecule has 6 heteroatoms. The highest BCUT2D eigenvalue weighted by molar-refractivity contribution is 6.31. The predicted molar refractivity (Wildman–Crippen MR) is 70.1 cm³/mol. The number of amides is 2. The lowest BCUT2D eigenvalue weighted by molar-refractivity contribution is -0.125. The summed E-state index contributed by atoms with van der Waals surface area (Å²) in [6.07, 6.45) is 0. The van der Waals surface area contributed by atoms with E-state index in [0.29, 0.717) is 5.02 Å². The Kier molecular flexibility index (Phi) is 5.61. The van der Waals surface area contributed by atoms with Gasteiger partial charge < -0.3 is 16.4 Å². The lowest BCUT2D eigenvalue weighted by Gasteiger charge is -2.15. The summed E-state index contributed by atoms with van der Waals surface area (Å²) >= 11 is 6.01. The minimum absolute atomic E-state index is 0.0924. The second-order valence-electron chi connectivity index (χ2n) is 3.79. The zero-order valence-electron chi connectivity index (χ0n) is 10.1. The molecule has 0 heterocycles. The number of nitrogens with one attached hydrogen (secondary N) is 2. The van der Waals surface area contributed by atoms with Crippen molar-refractivity contribution in [1.82, 2.24) is 10.6 Å². The van der Waals surface area contributed by atoms with Crippen LogP contribution in [0.15, 0.2) is 24.3 Å². The Morgan fingerprint density at radius 3 is 2.61 bits per heavy atom. The van der Waals surface area contributed by atoms with Gasteiger partial charge in [-0.2, -0.15) is 0 Å². The highest BCUT2D eigenvalue weighted by atomic mass is 35.5. The molecule has 1 atom stereocenters. The standard InChI is InChI=1S/C12H16ClN3O2/c1-8(9-4-2-3-5-10(9)13)16-12(18)7-15-11(17)6-14/h2-5,8H,6-7,14H2,1H3,(H,15,17)(H,16,18)/t8-/m0/s1. The molecule has 1 aromatic carbocycles. The third-order valence-corrected chi connectivity index (χ3v) is 2.72. The predicted octanol–water partition coefficient (Wildman–Crippen LogP) is 0.592. The molecular weight excluding hydrogens is 254 g/mol. The fourth-order valence-electron chi connectivity index (χ4n) is 1.45. The van der Waals surface area contributed by atoms with Crippen molar-refractivity contribution >= 4 is 23.4 Å². The molecule has 98 valence electrons. The van der Waals surface area contributed by atoms with Crippen molar-refractivity contribution in [1.29, 1.82) is 0 Å². The summed E-state index contributed by atoms with van der Waals surface area (Å²) in [5.41, 5.74) is 5.94. The van der Waals surface area contributed by atoms with Crippen LogP contribution in [0.5, 0.6) is 0 Å². The molecule has 0 saturated carbocycles. The van der Waals surface area contributed by atoms with Crippen LogP contribution < -0.4 is 16.4 Å². The van der Waals surface area contributed by atoms with Crippen molar-refractivity contribution in [2.75, 3.05) is 13.1 Å². The van der Waals surface area contributed by atoms with Crippen LogP contribution in [-0.4, -0.2) is 24.9 Å². The molecule has 0 radical (unpaired) electrons. The van der Waals surface area contributed by atoms with Gasteiger partial charge in [0.1, 0.15) is 0 Å². The summed E-state index contributed by atoms with van der Waals surface area (Å²) < 4.78 is 0. The molecule has 0 aromatic heterocycles. The van der Waals surface area contributed by atoms with Crippen LogP contribution in [0.2, 0.25) is 5.02 Å². The minimum Gasteiger partial charge on any atom is -0.348 e. The Morgan fingerprint density at radius 1 is 1.33 bits per heavy atom. The van der Waals surface area contributed by atoms with E-state index in [-0.39, 0.29) is 30.9 Å². The summed E-state index contributed by atoms with van der Waals surface area (Å²) in [5, 5.41) is 5.73. The molecule has 0 unspecified atom stereocenters. The average molecular weight is 270 g/mol. The third kappa shape index (κ3) is 4.35. The summed E-state index contributed by atoms with van der Waals surface area (Å²) in [4.78, 5) is 22.4. The first-order valence-electron chi connectivity index (χ1n) is 5.55. The van der Waals surface area contributed by atoms with Gasteiger partial charge >= 0.3 is 0 Å². The molecule has 0 spiro atoms. The highest BCUT2D eigenvalue weighted by Gasteiger charge is 2.12. The van der Waals surface area contributed by atoms with Crippen LogP contribution in [0, 0.1) is 0 Å². The van der Waals surface area contributed by atoms with E-state index >= 15 is 0 Å². The van der Waals surface area contributed by atoms with Gasteiger partial charge in [0.15, 0.2) is 0 Å². The van der Waals surface area contributed by atoms with E-state index in [2.05, 4.69) is 10.6 Å². The maximum Gasteiger partial charge on any atom is 0.239 e. The summed E-state index contributed by atoms with van der Waals surface area (Å²) in [7, 11) is 0. The second kappa shape index (κ2) is 6.98. The Hall–Kier alpha value is -1.59.